The maximum Gasteiger partial charge on any atom is 0.309 e. The number of pyridine rings is 1. The molecule has 2 atom stereocenters. The van der Waals surface area contributed by atoms with Gasteiger partial charge >= 0.3 is 5.97 Å². The summed E-state index contributed by atoms with van der Waals surface area (Å²) in [5.74, 6) is -1.23. The average molecular weight is 207 g/mol. The highest BCUT2D eigenvalue weighted by Gasteiger charge is 2.35. The van der Waals surface area contributed by atoms with E-state index in [0.29, 0.717) is 13.0 Å². The molecule has 4 heteroatoms. The van der Waals surface area contributed by atoms with E-state index in [9.17, 15) is 4.79 Å². The monoisotopic (exact) mass is 207 g/mol. The Labute approximate surface area is 87.9 Å². The van der Waals surface area contributed by atoms with Gasteiger partial charge in [-0.3, -0.25) is 9.78 Å². The van der Waals surface area contributed by atoms with Crippen molar-refractivity contribution in [2.75, 3.05) is 6.61 Å². The number of carboxylic acid groups (broad SMARTS) is 1. The molecular formula is C11H13NO3. The van der Waals surface area contributed by atoms with E-state index in [-0.39, 0.29) is 6.10 Å². The first-order chi connectivity index (χ1) is 7.20. The highest BCUT2D eigenvalue weighted by Crippen LogP contribution is 2.35. The molecule has 2 rings (SSSR count). The predicted molar refractivity (Wildman–Crippen MR) is 53.4 cm³/mol. The topological polar surface area (TPSA) is 59.4 Å². The summed E-state index contributed by atoms with van der Waals surface area (Å²) in [5.41, 5.74) is 1.92. The molecule has 4 nitrogen and oxygen atoms in total. The lowest BCUT2D eigenvalue weighted by Crippen LogP contribution is -2.18. The lowest BCUT2D eigenvalue weighted by molar-refractivity contribution is -0.143. The molecule has 1 saturated heterocycles. The quantitative estimate of drug-likeness (QED) is 0.799. The highest BCUT2D eigenvalue weighted by atomic mass is 16.5. The Balaban J connectivity index is 2.30. The number of rotatable bonds is 2. The Morgan fingerprint density at radius 2 is 2.47 bits per heavy atom. The van der Waals surface area contributed by atoms with E-state index in [1.807, 2.05) is 13.0 Å². The molecule has 0 aromatic carbocycles. The summed E-state index contributed by atoms with van der Waals surface area (Å²) < 4.78 is 5.47. The standard InChI is InChI=1S/C11H13NO3/c1-7-2-4-12-6-9(7)10-8(11(13)14)3-5-15-10/h2,4,6,8,10H,3,5H2,1H3,(H,13,14). The number of carbonyl (C=O) groups is 1. The molecule has 1 aliphatic rings. The Bertz CT molecular complexity index is 378. The molecule has 1 aromatic rings. The maximum atomic E-state index is 11.0. The molecule has 0 bridgehead atoms. The Morgan fingerprint density at radius 1 is 1.67 bits per heavy atom. The van der Waals surface area contributed by atoms with Crippen molar-refractivity contribution in [3.8, 4) is 0 Å². The van der Waals surface area contributed by atoms with Crippen LogP contribution in [0.1, 0.15) is 23.7 Å². The van der Waals surface area contributed by atoms with Crippen molar-refractivity contribution in [2.24, 2.45) is 5.92 Å². The molecule has 1 aliphatic heterocycles. The van der Waals surface area contributed by atoms with Gasteiger partial charge in [0.15, 0.2) is 0 Å². The largest absolute Gasteiger partial charge is 0.481 e. The zero-order valence-electron chi connectivity index (χ0n) is 8.51. The van der Waals surface area contributed by atoms with Crippen molar-refractivity contribution in [1.29, 1.82) is 0 Å². The Kier molecular flexibility index (Phi) is 2.68. The third-order valence-corrected chi connectivity index (χ3v) is 2.80. The lowest BCUT2D eigenvalue weighted by atomic mass is 9.94. The van der Waals surface area contributed by atoms with Crippen LogP contribution in [0, 0.1) is 12.8 Å². The van der Waals surface area contributed by atoms with Crippen LogP contribution in [0.3, 0.4) is 0 Å². The minimum atomic E-state index is -0.791. The molecule has 0 radical (unpaired) electrons. The number of hydrogen-bond acceptors (Lipinski definition) is 3. The normalized spacial score (nSPS) is 25.4. The smallest absolute Gasteiger partial charge is 0.309 e. The second-order valence-electron chi connectivity index (χ2n) is 3.76. The Morgan fingerprint density at radius 3 is 3.13 bits per heavy atom. The second-order valence-corrected chi connectivity index (χ2v) is 3.76. The molecule has 15 heavy (non-hydrogen) atoms. The van der Waals surface area contributed by atoms with Gasteiger partial charge in [-0.1, -0.05) is 0 Å². The summed E-state index contributed by atoms with van der Waals surface area (Å²) in [7, 11) is 0. The number of aryl methyl sites for hydroxylation is 1. The van der Waals surface area contributed by atoms with Gasteiger partial charge in [-0.05, 0) is 25.0 Å². The van der Waals surface area contributed by atoms with Gasteiger partial charge in [0.25, 0.3) is 0 Å². The van der Waals surface area contributed by atoms with Crippen LogP contribution in [0.25, 0.3) is 0 Å². The molecule has 80 valence electrons. The van der Waals surface area contributed by atoms with Crippen molar-refractivity contribution in [3.63, 3.8) is 0 Å². The van der Waals surface area contributed by atoms with Crippen LogP contribution in [0.4, 0.5) is 0 Å². The molecular weight excluding hydrogens is 194 g/mol. The van der Waals surface area contributed by atoms with E-state index in [4.69, 9.17) is 9.84 Å². The number of ether oxygens (including phenoxy) is 1. The minimum Gasteiger partial charge on any atom is -0.481 e. The van der Waals surface area contributed by atoms with E-state index in [1.54, 1.807) is 12.4 Å². The highest BCUT2D eigenvalue weighted by molar-refractivity contribution is 5.71. The number of hydrogen-bond donors (Lipinski definition) is 1. The molecule has 1 aromatic heterocycles. The van der Waals surface area contributed by atoms with Gasteiger partial charge < -0.3 is 9.84 Å². The first-order valence-corrected chi connectivity index (χ1v) is 4.95. The summed E-state index contributed by atoms with van der Waals surface area (Å²) in [5, 5.41) is 9.04. The number of nitrogens with zero attached hydrogens (tertiary/aromatic N) is 1. The second kappa shape index (κ2) is 3.98. The summed E-state index contributed by atoms with van der Waals surface area (Å²) >= 11 is 0. The number of carboxylic acids is 1. The zero-order chi connectivity index (χ0) is 10.8. The number of aliphatic carboxylic acids is 1. The molecule has 0 amide bonds. The first-order valence-electron chi connectivity index (χ1n) is 4.95. The molecule has 1 N–H and O–H groups in total. The van der Waals surface area contributed by atoms with Gasteiger partial charge in [-0.15, -0.1) is 0 Å². The SMILES string of the molecule is Cc1ccncc1C1OCCC1C(=O)O. The van der Waals surface area contributed by atoms with Crippen LogP contribution >= 0.6 is 0 Å². The van der Waals surface area contributed by atoms with Crippen molar-refractivity contribution in [3.05, 3.63) is 29.6 Å². The van der Waals surface area contributed by atoms with Crippen LogP contribution in [0.15, 0.2) is 18.5 Å². The van der Waals surface area contributed by atoms with Crippen molar-refractivity contribution in [1.82, 2.24) is 4.98 Å². The molecule has 0 aliphatic carbocycles. The third kappa shape index (κ3) is 1.85. The van der Waals surface area contributed by atoms with Crippen molar-refractivity contribution in [2.45, 2.75) is 19.4 Å². The first kappa shape index (κ1) is 10.1. The van der Waals surface area contributed by atoms with Gasteiger partial charge in [-0.25, -0.2) is 0 Å². The molecule has 1 fully saturated rings. The van der Waals surface area contributed by atoms with E-state index < -0.39 is 11.9 Å². The lowest BCUT2D eigenvalue weighted by Gasteiger charge is -2.16. The summed E-state index contributed by atoms with van der Waals surface area (Å²) in [6.07, 6.45) is 3.63. The maximum absolute atomic E-state index is 11.0. The van der Waals surface area contributed by atoms with Crippen LogP contribution < -0.4 is 0 Å². The van der Waals surface area contributed by atoms with Gasteiger partial charge in [0.05, 0.1) is 12.0 Å². The summed E-state index contributed by atoms with van der Waals surface area (Å²) in [6.45, 7) is 2.45. The number of aromatic nitrogens is 1. The Hall–Kier alpha value is -1.42. The summed E-state index contributed by atoms with van der Waals surface area (Å²) in [6, 6.07) is 1.87. The minimum absolute atomic E-state index is 0.337. The van der Waals surface area contributed by atoms with Crippen molar-refractivity contribution < 1.29 is 14.6 Å². The van der Waals surface area contributed by atoms with Gasteiger partial charge in [0.1, 0.15) is 0 Å². The van der Waals surface area contributed by atoms with Crippen LogP contribution in [0.5, 0.6) is 0 Å². The van der Waals surface area contributed by atoms with Crippen LogP contribution in [-0.4, -0.2) is 22.7 Å². The van der Waals surface area contributed by atoms with E-state index in [0.717, 1.165) is 11.1 Å². The van der Waals surface area contributed by atoms with E-state index in [2.05, 4.69) is 4.98 Å². The van der Waals surface area contributed by atoms with E-state index in [1.165, 1.54) is 0 Å². The molecule has 0 saturated carbocycles. The third-order valence-electron chi connectivity index (χ3n) is 2.80. The molecule has 2 unspecified atom stereocenters. The van der Waals surface area contributed by atoms with E-state index >= 15 is 0 Å². The fourth-order valence-electron chi connectivity index (χ4n) is 1.92. The van der Waals surface area contributed by atoms with Crippen molar-refractivity contribution >= 4 is 5.97 Å². The van der Waals surface area contributed by atoms with Gasteiger partial charge in [-0.2, -0.15) is 0 Å². The molecule has 2 heterocycles. The zero-order valence-corrected chi connectivity index (χ0v) is 8.51. The van der Waals surface area contributed by atoms with Gasteiger partial charge in [0, 0.05) is 24.6 Å². The van der Waals surface area contributed by atoms with Crippen LogP contribution in [-0.2, 0) is 9.53 Å². The fraction of sp³-hybridized carbons (Fsp3) is 0.455. The van der Waals surface area contributed by atoms with Crippen LogP contribution in [0.2, 0.25) is 0 Å². The average Bonchev–Trinajstić information content (AvgIpc) is 2.67. The molecule has 0 spiro atoms. The fourth-order valence-corrected chi connectivity index (χ4v) is 1.92. The summed E-state index contributed by atoms with van der Waals surface area (Å²) in [4.78, 5) is 15.0. The predicted octanol–water partition coefficient (Wildman–Crippen LogP) is 1.55. The van der Waals surface area contributed by atoms with Gasteiger partial charge in [0.2, 0.25) is 0 Å².